The van der Waals surface area contributed by atoms with E-state index in [1.807, 2.05) is 30.3 Å². The maximum atomic E-state index is 12.3. The quantitative estimate of drug-likeness (QED) is 0.505. The monoisotopic (exact) mass is 372 g/mol. The molecule has 4 N–H and O–H groups in total. The molecule has 0 spiro atoms. The second-order valence-electron chi connectivity index (χ2n) is 6.06. The molecule has 142 valence electrons. The van der Waals surface area contributed by atoms with E-state index >= 15 is 0 Å². The van der Waals surface area contributed by atoms with Crippen LogP contribution in [0, 0.1) is 5.92 Å². The van der Waals surface area contributed by atoms with E-state index in [2.05, 4.69) is 26.0 Å². The Morgan fingerprint density at radius 3 is 2.74 bits per heavy atom. The Labute approximate surface area is 155 Å². The highest BCUT2D eigenvalue weighted by atomic mass is 16.4. The molecule has 1 aromatic rings. The molecule has 2 atom stereocenters. The molecule has 10 heteroatoms. The summed E-state index contributed by atoms with van der Waals surface area (Å²) in [4.78, 5) is 39.0. The molecule has 3 amide bonds. The van der Waals surface area contributed by atoms with Crippen LogP contribution in [0.3, 0.4) is 0 Å². The number of carbonyl (C=O) groups excluding carboxylic acids is 2. The van der Waals surface area contributed by atoms with Gasteiger partial charge in [0.05, 0.1) is 12.2 Å². The third kappa shape index (κ3) is 4.60. The van der Waals surface area contributed by atoms with Gasteiger partial charge in [0.25, 0.3) is 0 Å². The van der Waals surface area contributed by atoms with Gasteiger partial charge in [0.1, 0.15) is 11.8 Å². The van der Waals surface area contributed by atoms with Crippen molar-refractivity contribution in [3.8, 4) is 0 Å². The summed E-state index contributed by atoms with van der Waals surface area (Å²) in [5.41, 5.74) is 0.822. The summed E-state index contributed by atoms with van der Waals surface area (Å²) >= 11 is 0. The maximum absolute atomic E-state index is 12.3. The predicted octanol–water partition coefficient (Wildman–Crippen LogP) is 0.127. The van der Waals surface area contributed by atoms with Gasteiger partial charge in [-0.1, -0.05) is 18.2 Å². The Kier molecular flexibility index (Phi) is 5.64. The number of aliphatic imine (C=N–C) groups is 1. The van der Waals surface area contributed by atoms with E-state index in [0.29, 0.717) is 12.3 Å². The number of carbonyl (C=O) groups is 3. The van der Waals surface area contributed by atoms with Gasteiger partial charge < -0.3 is 21.1 Å². The molecule has 2 aliphatic rings. The lowest BCUT2D eigenvalue weighted by Gasteiger charge is -2.28. The van der Waals surface area contributed by atoms with Crippen LogP contribution >= 0.6 is 0 Å². The van der Waals surface area contributed by atoms with E-state index in [1.54, 1.807) is 11.2 Å². The van der Waals surface area contributed by atoms with E-state index in [4.69, 9.17) is 5.11 Å². The minimum atomic E-state index is -0.909. The predicted molar refractivity (Wildman–Crippen MR) is 98.5 cm³/mol. The number of fused-ring (bicyclic) bond motifs is 1. The van der Waals surface area contributed by atoms with Crippen molar-refractivity contribution >= 4 is 35.6 Å². The van der Waals surface area contributed by atoms with Gasteiger partial charge in [-0.15, -0.1) is 0 Å². The first-order valence-corrected chi connectivity index (χ1v) is 8.54. The van der Waals surface area contributed by atoms with Crippen molar-refractivity contribution in [2.75, 3.05) is 18.1 Å². The number of rotatable bonds is 7. The minimum Gasteiger partial charge on any atom is -0.481 e. The molecule has 0 aromatic heterocycles. The van der Waals surface area contributed by atoms with Crippen molar-refractivity contribution in [3.63, 3.8) is 0 Å². The lowest BCUT2D eigenvalue weighted by Crippen LogP contribution is -2.52. The number of benzene rings is 1. The summed E-state index contributed by atoms with van der Waals surface area (Å²) < 4.78 is 0. The normalized spacial score (nSPS) is 20.5. The highest BCUT2D eigenvalue weighted by molar-refractivity contribution is 6.09. The topological polar surface area (TPSA) is 135 Å². The number of hydrogen-bond donors (Lipinski definition) is 4. The Hall–Kier alpha value is -3.43. The fraction of sp³-hybridized carbons (Fsp3) is 0.353. The van der Waals surface area contributed by atoms with E-state index in [0.717, 1.165) is 5.69 Å². The standard InChI is InChI=1S/C17H20N6O4/c24-14(25)7-4-8-18-17(27)19-10-13-21-15-12(16(26)22-13)9-20-23(15)11-5-2-1-3-6-11/h1-3,5-6,9,12,15H,4,7-8,10H2,(H,24,25)(H2,18,19,27)(H,21,22,26)/t12-,15+/m0/s1. The SMILES string of the molecule is O=C(O)CCCNC(=O)NCC1=N[C@H]2[C@H](C=NN2c2ccccc2)C(=O)N1. The Morgan fingerprint density at radius 2 is 2.00 bits per heavy atom. The number of anilines is 1. The first-order chi connectivity index (χ1) is 13.0. The lowest BCUT2D eigenvalue weighted by molar-refractivity contribution is -0.137. The Bertz CT molecular complexity index is 779. The van der Waals surface area contributed by atoms with Gasteiger partial charge in [0.15, 0.2) is 6.17 Å². The lowest BCUT2D eigenvalue weighted by atomic mass is 10.1. The van der Waals surface area contributed by atoms with Crippen molar-refractivity contribution in [2.24, 2.45) is 16.0 Å². The van der Waals surface area contributed by atoms with Crippen molar-refractivity contribution in [1.29, 1.82) is 0 Å². The van der Waals surface area contributed by atoms with E-state index < -0.39 is 24.1 Å². The van der Waals surface area contributed by atoms with Gasteiger partial charge in [0.2, 0.25) is 5.91 Å². The number of nitrogens with zero attached hydrogens (tertiary/aromatic N) is 3. The number of hydrogen-bond acceptors (Lipinski definition) is 6. The van der Waals surface area contributed by atoms with Crippen LogP contribution < -0.4 is 21.0 Å². The summed E-state index contributed by atoms with van der Waals surface area (Å²) in [5, 5.41) is 22.3. The number of urea groups is 1. The molecule has 2 heterocycles. The molecule has 0 saturated heterocycles. The second-order valence-corrected chi connectivity index (χ2v) is 6.06. The van der Waals surface area contributed by atoms with Crippen molar-refractivity contribution < 1.29 is 19.5 Å². The molecule has 0 bridgehead atoms. The number of hydrazone groups is 1. The Balaban J connectivity index is 1.56. The van der Waals surface area contributed by atoms with Crippen LogP contribution in [0.2, 0.25) is 0 Å². The second kappa shape index (κ2) is 8.30. The molecular weight excluding hydrogens is 352 g/mol. The molecule has 10 nitrogen and oxygen atoms in total. The first-order valence-electron chi connectivity index (χ1n) is 8.54. The van der Waals surface area contributed by atoms with Crippen LogP contribution in [0.4, 0.5) is 10.5 Å². The zero-order valence-electron chi connectivity index (χ0n) is 14.5. The third-order valence-electron chi connectivity index (χ3n) is 4.07. The molecular formula is C17H20N6O4. The molecule has 0 radical (unpaired) electrons. The zero-order valence-corrected chi connectivity index (χ0v) is 14.5. The molecule has 1 aromatic carbocycles. The average Bonchev–Trinajstić information content (AvgIpc) is 3.09. The maximum Gasteiger partial charge on any atom is 0.315 e. The van der Waals surface area contributed by atoms with Gasteiger partial charge >= 0.3 is 12.0 Å². The highest BCUT2D eigenvalue weighted by Gasteiger charge is 2.40. The van der Waals surface area contributed by atoms with Crippen molar-refractivity contribution in [2.45, 2.75) is 19.0 Å². The van der Waals surface area contributed by atoms with Crippen molar-refractivity contribution in [1.82, 2.24) is 16.0 Å². The summed E-state index contributed by atoms with van der Waals surface area (Å²) in [6, 6.07) is 8.95. The fourth-order valence-corrected chi connectivity index (χ4v) is 2.75. The number of para-hydroxylation sites is 1. The molecule has 0 aliphatic carbocycles. The summed E-state index contributed by atoms with van der Waals surface area (Å²) in [6.07, 6.45) is 1.40. The first kappa shape index (κ1) is 18.4. The number of nitrogens with one attached hydrogen (secondary N) is 3. The molecule has 0 unspecified atom stereocenters. The average molecular weight is 372 g/mol. The highest BCUT2D eigenvalue weighted by Crippen LogP contribution is 2.27. The molecule has 3 rings (SSSR count). The number of amidine groups is 1. The van der Waals surface area contributed by atoms with Crippen molar-refractivity contribution in [3.05, 3.63) is 30.3 Å². The molecule has 27 heavy (non-hydrogen) atoms. The molecule has 2 aliphatic heterocycles. The van der Waals surface area contributed by atoms with Gasteiger partial charge in [-0.25, -0.2) is 14.8 Å². The minimum absolute atomic E-state index is 0.0125. The number of carboxylic acids is 1. The smallest absolute Gasteiger partial charge is 0.315 e. The summed E-state index contributed by atoms with van der Waals surface area (Å²) in [7, 11) is 0. The summed E-state index contributed by atoms with van der Waals surface area (Å²) in [5.74, 6) is -1.28. The molecule has 0 fully saturated rings. The Morgan fingerprint density at radius 1 is 1.22 bits per heavy atom. The number of aliphatic carboxylic acids is 1. The molecule has 0 saturated carbocycles. The van der Waals surface area contributed by atoms with Gasteiger partial charge in [-0.2, -0.15) is 5.10 Å². The van der Waals surface area contributed by atoms with E-state index in [-0.39, 0.29) is 25.4 Å². The van der Waals surface area contributed by atoms with Crippen LogP contribution in [0.25, 0.3) is 0 Å². The van der Waals surface area contributed by atoms with Crippen LogP contribution in [0.5, 0.6) is 0 Å². The van der Waals surface area contributed by atoms with Crippen LogP contribution in [-0.2, 0) is 9.59 Å². The zero-order chi connectivity index (χ0) is 19.2. The largest absolute Gasteiger partial charge is 0.481 e. The summed E-state index contributed by atoms with van der Waals surface area (Å²) in [6.45, 7) is 0.291. The van der Waals surface area contributed by atoms with Crippen LogP contribution in [0.15, 0.2) is 40.4 Å². The fourth-order valence-electron chi connectivity index (χ4n) is 2.75. The van der Waals surface area contributed by atoms with Gasteiger partial charge in [0, 0.05) is 19.2 Å². The van der Waals surface area contributed by atoms with Crippen LogP contribution in [0.1, 0.15) is 12.8 Å². The van der Waals surface area contributed by atoms with Gasteiger partial charge in [-0.3, -0.25) is 9.59 Å². The van der Waals surface area contributed by atoms with Crippen LogP contribution in [-0.4, -0.2) is 54.3 Å². The van der Waals surface area contributed by atoms with E-state index in [1.165, 1.54) is 0 Å². The van der Waals surface area contributed by atoms with E-state index in [9.17, 15) is 14.4 Å². The third-order valence-corrected chi connectivity index (χ3v) is 4.07. The number of carboxylic acid groups (broad SMARTS) is 1. The van der Waals surface area contributed by atoms with Gasteiger partial charge in [-0.05, 0) is 18.6 Å². The number of amides is 3.